The summed E-state index contributed by atoms with van der Waals surface area (Å²) in [6.45, 7) is -0.911. The van der Waals surface area contributed by atoms with Crippen LogP contribution in [0.2, 0.25) is 0 Å². The van der Waals surface area contributed by atoms with Gasteiger partial charge in [0.05, 0.1) is 19.1 Å². The van der Waals surface area contributed by atoms with Crippen LogP contribution in [0.1, 0.15) is 25.7 Å². The van der Waals surface area contributed by atoms with Crippen LogP contribution in [0.25, 0.3) is 0 Å². The number of rotatable bonds is 16. The van der Waals surface area contributed by atoms with Crippen molar-refractivity contribution in [2.45, 2.75) is 49.9 Å². The fourth-order valence-electron chi connectivity index (χ4n) is 2.35. The highest BCUT2D eigenvalue weighted by Crippen LogP contribution is 2.05. The lowest BCUT2D eigenvalue weighted by Crippen LogP contribution is -2.57. The predicted molar refractivity (Wildman–Crippen MR) is 112 cm³/mol. The number of carbonyl (C=O) groups excluding carboxylic acids is 4. The van der Waals surface area contributed by atoms with Crippen LogP contribution < -0.4 is 27.4 Å². The largest absolute Gasteiger partial charge is 0.481 e. The van der Waals surface area contributed by atoms with E-state index in [9.17, 15) is 28.8 Å². The molecule has 14 nitrogen and oxygen atoms in total. The molecule has 0 aromatic rings. The minimum Gasteiger partial charge on any atom is -0.481 e. The highest BCUT2D eigenvalue weighted by Gasteiger charge is 2.30. The van der Waals surface area contributed by atoms with E-state index >= 15 is 0 Å². The fourth-order valence-corrected chi connectivity index (χ4v) is 2.82. The van der Waals surface area contributed by atoms with Gasteiger partial charge in [0.1, 0.15) is 18.1 Å². The van der Waals surface area contributed by atoms with E-state index in [0.29, 0.717) is 5.75 Å². The van der Waals surface area contributed by atoms with E-state index in [1.165, 1.54) is 11.8 Å². The molecule has 0 bridgehead atoms. The first kappa shape index (κ1) is 29.1. The summed E-state index contributed by atoms with van der Waals surface area (Å²) in [4.78, 5) is 70.1. The molecule has 4 unspecified atom stereocenters. The quantitative estimate of drug-likeness (QED) is 0.107. The van der Waals surface area contributed by atoms with Crippen molar-refractivity contribution in [1.82, 2.24) is 16.0 Å². The second-order valence-electron chi connectivity index (χ2n) is 6.70. The summed E-state index contributed by atoms with van der Waals surface area (Å²) in [5.41, 5.74) is 10.6. The van der Waals surface area contributed by atoms with Gasteiger partial charge in [-0.3, -0.25) is 24.0 Å². The monoisotopic (exact) mass is 479 g/mol. The van der Waals surface area contributed by atoms with Gasteiger partial charge in [-0.1, -0.05) is 0 Å². The predicted octanol–water partition coefficient (Wildman–Crippen LogP) is -3.66. The Morgan fingerprint density at radius 2 is 1.38 bits per heavy atom. The van der Waals surface area contributed by atoms with Gasteiger partial charge in [0.2, 0.25) is 23.6 Å². The Balaban J connectivity index is 5.44. The van der Waals surface area contributed by atoms with Crippen molar-refractivity contribution in [3.05, 3.63) is 0 Å². The number of aliphatic carboxylic acids is 2. The molecule has 10 N–H and O–H groups in total. The van der Waals surface area contributed by atoms with Crippen molar-refractivity contribution in [2.75, 3.05) is 18.6 Å². The van der Waals surface area contributed by atoms with Gasteiger partial charge >= 0.3 is 11.9 Å². The Kier molecular flexibility index (Phi) is 13.6. The van der Waals surface area contributed by atoms with Crippen LogP contribution in [0.5, 0.6) is 0 Å². The normalized spacial score (nSPS) is 14.3. The SMILES string of the molecule is CSCCC(NC(=O)C(N)CC(=O)O)C(=O)NC(CCC(N)=O)C(=O)NC(CO)C(=O)O. The third-order valence-electron chi connectivity index (χ3n) is 4.08. The Hall–Kier alpha value is -2.91. The van der Waals surface area contributed by atoms with Gasteiger partial charge in [-0.15, -0.1) is 0 Å². The first-order valence-corrected chi connectivity index (χ1v) is 10.8. The number of hydrogen-bond acceptors (Lipinski definition) is 9. The molecule has 32 heavy (non-hydrogen) atoms. The summed E-state index contributed by atoms with van der Waals surface area (Å²) in [7, 11) is 0. The van der Waals surface area contributed by atoms with Crippen LogP contribution in [0, 0.1) is 0 Å². The van der Waals surface area contributed by atoms with Crippen molar-refractivity contribution >= 4 is 47.3 Å². The van der Waals surface area contributed by atoms with Gasteiger partial charge in [-0.05, 0) is 24.9 Å². The molecule has 0 aliphatic rings. The molecule has 0 aromatic heterocycles. The highest BCUT2D eigenvalue weighted by molar-refractivity contribution is 7.98. The molecule has 0 spiro atoms. The summed E-state index contributed by atoms with van der Waals surface area (Å²) in [6, 6.07) is -5.64. The molecule has 0 saturated carbocycles. The molecule has 0 heterocycles. The molecule has 0 saturated heterocycles. The fraction of sp³-hybridized carbons (Fsp3) is 0.647. The van der Waals surface area contributed by atoms with Crippen LogP contribution in [-0.2, 0) is 28.8 Å². The van der Waals surface area contributed by atoms with Crippen LogP contribution >= 0.6 is 11.8 Å². The number of carboxylic acid groups (broad SMARTS) is 2. The van der Waals surface area contributed by atoms with Gasteiger partial charge in [-0.2, -0.15) is 11.8 Å². The van der Waals surface area contributed by atoms with Crippen LogP contribution in [0.15, 0.2) is 0 Å². The molecule has 0 radical (unpaired) electrons. The Labute approximate surface area is 187 Å². The number of amides is 4. The first-order chi connectivity index (χ1) is 14.9. The molecule has 4 atom stereocenters. The maximum absolute atomic E-state index is 12.7. The zero-order valence-corrected chi connectivity index (χ0v) is 18.2. The number of aliphatic hydroxyl groups is 1. The van der Waals surface area contributed by atoms with Gasteiger partial charge in [0, 0.05) is 6.42 Å². The van der Waals surface area contributed by atoms with E-state index in [1.807, 2.05) is 5.32 Å². The van der Waals surface area contributed by atoms with E-state index in [4.69, 9.17) is 26.8 Å². The second-order valence-corrected chi connectivity index (χ2v) is 7.68. The first-order valence-electron chi connectivity index (χ1n) is 9.42. The zero-order valence-electron chi connectivity index (χ0n) is 17.4. The number of aliphatic hydroxyl groups excluding tert-OH is 1. The average Bonchev–Trinajstić information content (AvgIpc) is 2.70. The summed E-state index contributed by atoms with van der Waals surface area (Å²) in [6.07, 6.45) is 0.602. The zero-order chi connectivity index (χ0) is 24.8. The molecule has 0 rings (SSSR count). The summed E-state index contributed by atoms with van der Waals surface area (Å²) in [5.74, 6) is -5.90. The third-order valence-corrected chi connectivity index (χ3v) is 4.73. The van der Waals surface area contributed by atoms with Crippen LogP contribution in [-0.4, -0.2) is 93.7 Å². The lowest BCUT2D eigenvalue weighted by molar-refractivity contribution is -0.143. The standard InChI is InChI=1S/C17H29N5O9S/c1-32-5-4-10(20-14(27)8(18)6-13(25)26)16(29)21-9(2-3-12(19)24)15(28)22-11(7-23)17(30)31/h8-11,23H,2-7,18H2,1H3,(H2,19,24)(H,20,27)(H,21,29)(H,22,28)(H,25,26)(H,30,31). The van der Waals surface area contributed by atoms with Gasteiger partial charge < -0.3 is 42.7 Å². The molecule has 4 amide bonds. The number of nitrogens with two attached hydrogens (primary N) is 2. The third kappa shape index (κ3) is 11.5. The van der Waals surface area contributed by atoms with Crippen molar-refractivity contribution in [2.24, 2.45) is 11.5 Å². The Bertz CT molecular complexity index is 706. The molecular formula is C17H29N5O9S. The molecule has 0 aromatic carbocycles. The summed E-state index contributed by atoms with van der Waals surface area (Å²) >= 11 is 1.36. The van der Waals surface area contributed by atoms with Gasteiger partial charge in [-0.25, -0.2) is 4.79 Å². The van der Waals surface area contributed by atoms with E-state index in [0.717, 1.165) is 0 Å². The Morgan fingerprint density at radius 3 is 1.81 bits per heavy atom. The maximum Gasteiger partial charge on any atom is 0.328 e. The molecule has 0 aliphatic heterocycles. The minimum absolute atomic E-state index is 0.108. The number of carboxylic acids is 2. The number of carbonyl (C=O) groups is 6. The number of hydrogen-bond donors (Lipinski definition) is 8. The molecule has 182 valence electrons. The summed E-state index contributed by atoms with van der Waals surface area (Å²) in [5, 5.41) is 33.4. The number of nitrogens with one attached hydrogen (secondary N) is 3. The van der Waals surface area contributed by atoms with Crippen molar-refractivity contribution in [3.63, 3.8) is 0 Å². The van der Waals surface area contributed by atoms with Gasteiger partial charge in [0.25, 0.3) is 0 Å². The lowest BCUT2D eigenvalue weighted by atomic mass is 10.1. The van der Waals surface area contributed by atoms with E-state index in [2.05, 4.69) is 10.6 Å². The lowest BCUT2D eigenvalue weighted by Gasteiger charge is -2.24. The topological polar surface area (TPSA) is 251 Å². The van der Waals surface area contributed by atoms with E-state index in [-0.39, 0.29) is 19.3 Å². The van der Waals surface area contributed by atoms with Crippen molar-refractivity contribution < 1.29 is 44.1 Å². The highest BCUT2D eigenvalue weighted by atomic mass is 32.2. The Morgan fingerprint density at radius 1 is 0.875 bits per heavy atom. The molecule has 15 heteroatoms. The number of thioether (sulfide) groups is 1. The van der Waals surface area contributed by atoms with E-state index < -0.39 is 72.8 Å². The number of primary amides is 1. The van der Waals surface area contributed by atoms with Gasteiger partial charge in [0.15, 0.2) is 0 Å². The van der Waals surface area contributed by atoms with Crippen molar-refractivity contribution in [1.29, 1.82) is 0 Å². The average molecular weight is 480 g/mol. The maximum atomic E-state index is 12.7. The minimum atomic E-state index is -1.64. The smallest absolute Gasteiger partial charge is 0.328 e. The second kappa shape index (κ2) is 15.0. The van der Waals surface area contributed by atoms with Crippen molar-refractivity contribution in [3.8, 4) is 0 Å². The van der Waals surface area contributed by atoms with Crippen LogP contribution in [0.4, 0.5) is 0 Å². The molecule has 0 aliphatic carbocycles. The summed E-state index contributed by atoms with van der Waals surface area (Å²) < 4.78 is 0. The molecule has 0 fully saturated rings. The van der Waals surface area contributed by atoms with E-state index in [1.54, 1.807) is 6.26 Å². The molecular weight excluding hydrogens is 450 g/mol. The van der Waals surface area contributed by atoms with Crippen LogP contribution in [0.3, 0.4) is 0 Å².